The number of carbonyl (C=O) groups is 5. The highest BCUT2D eigenvalue weighted by atomic mass is 35.5. The molecule has 2 bridgehead atoms. The molecular weight excluding hydrogens is 728 g/mol. The van der Waals surface area contributed by atoms with Crippen molar-refractivity contribution in [1.29, 1.82) is 0 Å². The number of rotatable bonds is 8. The van der Waals surface area contributed by atoms with Crippen molar-refractivity contribution in [2.45, 2.75) is 55.1 Å². The Kier molecular flexibility index (Phi) is 12.7. The zero-order valence-corrected chi connectivity index (χ0v) is 30.6. The van der Waals surface area contributed by atoms with E-state index in [-0.39, 0.29) is 23.7 Å². The molecule has 3 heterocycles. The van der Waals surface area contributed by atoms with E-state index >= 15 is 0 Å². The summed E-state index contributed by atoms with van der Waals surface area (Å²) in [4.78, 5) is 67.9. The Labute approximate surface area is 321 Å². The van der Waals surface area contributed by atoms with E-state index in [1.807, 2.05) is 53.9 Å². The first-order valence-electron chi connectivity index (χ1n) is 17.5. The van der Waals surface area contributed by atoms with Crippen molar-refractivity contribution in [3.8, 4) is 16.9 Å². The first-order chi connectivity index (χ1) is 26.1. The van der Waals surface area contributed by atoms with E-state index in [0.29, 0.717) is 23.6 Å². The van der Waals surface area contributed by atoms with Crippen LogP contribution in [0.4, 0.5) is 0 Å². The molecule has 13 heteroatoms. The number of ether oxygens (including phenoxy) is 1. The molecule has 0 aliphatic carbocycles. The second-order valence-corrected chi connectivity index (χ2v) is 14.7. The number of benzene rings is 4. The number of halogens is 1. The molecule has 2 unspecified atom stereocenters. The van der Waals surface area contributed by atoms with Gasteiger partial charge in [-0.2, -0.15) is 0 Å². The van der Waals surface area contributed by atoms with Crippen LogP contribution in [-0.4, -0.2) is 64.7 Å². The van der Waals surface area contributed by atoms with Gasteiger partial charge in [-0.1, -0.05) is 96.5 Å². The lowest BCUT2D eigenvalue weighted by atomic mass is 9.98. The van der Waals surface area contributed by atoms with Gasteiger partial charge in [-0.15, -0.1) is 11.8 Å². The maximum Gasteiger partial charge on any atom is 0.330 e. The second kappa shape index (κ2) is 18.0. The first kappa shape index (κ1) is 38.1. The monoisotopic (exact) mass is 766 g/mol. The summed E-state index contributed by atoms with van der Waals surface area (Å²) in [6.07, 6.45) is 3.10. The van der Waals surface area contributed by atoms with E-state index in [0.717, 1.165) is 22.3 Å². The number of carbonyl (C=O) groups excluding carboxylic acids is 4. The van der Waals surface area contributed by atoms with Crippen LogP contribution in [0.5, 0.6) is 5.75 Å². The standard InChI is InChI=1S/C41H39ClN4O7S/c42-30-16-12-28(13-17-30)27-10-8-26(9-11-27)22-33-38(48)45-34(21-25-5-2-1-3-6-25)40(50)46-37(41(51)52)29-14-18-31(19-15-29)53-24-36(47)43-35(39(49)44-33)23-32-7-4-20-54-32/h1-6,8-20,32-35,37H,7,21-24H2,(H,43,47)(H,44,49)(H,45,48)(H,46,50)(H,51,52)/t32?,33-,34-,35-,37?/m0/s1. The molecule has 4 amide bonds. The van der Waals surface area contributed by atoms with Gasteiger partial charge in [0, 0.05) is 23.1 Å². The van der Waals surface area contributed by atoms with Crippen LogP contribution < -0.4 is 26.0 Å². The van der Waals surface area contributed by atoms with Gasteiger partial charge in [0.15, 0.2) is 12.6 Å². The van der Waals surface area contributed by atoms with Crippen molar-refractivity contribution in [2.24, 2.45) is 0 Å². The average Bonchev–Trinajstić information content (AvgIpc) is 3.69. The van der Waals surface area contributed by atoms with Crippen molar-refractivity contribution in [1.82, 2.24) is 21.3 Å². The molecule has 0 saturated carbocycles. The molecule has 4 aromatic carbocycles. The van der Waals surface area contributed by atoms with Crippen LogP contribution >= 0.6 is 23.4 Å². The topological polar surface area (TPSA) is 163 Å². The van der Waals surface area contributed by atoms with Crippen LogP contribution in [0, 0.1) is 0 Å². The lowest BCUT2D eigenvalue weighted by Crippen LogP contribution is -2.58. The minimum absolute atomic E-state index is 0.0289. The van der Waals surface area contributed by atoms with Crippen molar-refractivity contribution in [3.63, 3.8) is 0 Å². The number of fused-ring (bicyclic) bond motifs is 15. The Morgan fingerprint density at radius 2 is 1.28 bits per heavy atom. The molecule has 0 radical (unpaired) electrons. The summed E-state index contributed by atoms with van der Waals surface area (Å²) in [7, 11) is 0. The Hall–Kier alpha value is -5.59. The Balaban J connectivity index is 1.34. The van der Waals surface area contributed by atoms with Gasteiger partial charge in [0.2, 0.25) is 17.7 Å². The highest BCUT2D eigenvalue weighted by Crippen LogP contribution is 2.28. The van der Waals surface area contributed by atoms with Crippen LogP contribution in [0.25, 0.3) is 11.1 Å². The molecule has 54 heavy (non-hydrogen) atoms. The second-order valence-electron chi connectivity index (χ2n) is 13.1. The minimum Gasteiger partial charge on any atom is -0.484 e. The Bertz CT molecular complexity index is 1980. The molecule has 3 aliphatic heterocycles. The number of hydrogen-bond donors (Lipinski definition) is 5. The number of nitrogens with one attached hydrogen (secondary N) is 4. The number of amides is 4. The largest absolute Gasteiger partial charge is 0.484 e. The molecule has 0 fully saturated rings. The van der Waals surface area contributed by atoms with E-state index in [2.05, 4.69) is 21.3 Å². The van der Waals surface area contributed by atoms with Gasteiger partial charge in [0.1, 0.15) is 23.9 Å². The zero-order chi connectivity index (χ0) is 38.0. The van der Waals surface area contributed by atoms with Crippen molar-refractivity contribution >= 4 is 53.0 Å². The van der Waals surface area contributed by atoms with Crippen molar-refractivity contribution < 1.29 is 33.8 Å². The molecular formula is C41H39ClN4O7S. The van der Waals surface area contributed by atoms with Crippen LogP contribution in [0.15, 0.2) is 115 Å². The smallest absolute Gasteiger partial charge is 0.330 e. The minimum atomic E-state index is -1.46. The summed E-state index contributed by atoms with van der Waals surface area (Å²) in [6.45, 7) is -0.413. The molecule has 4 aromatic rings. The van der Waals surface area contributed by atoms with E-state index in [1.165, 1.54) is 24.3 Å². The predicted octanol–water partition coefficient (Wildman–Crippen LogP) is 4.99. The molecule has 5 atom stereocenters. The number of allylic oxidation sites excluding steroid dienone is 1. The van der Waals surface area contributed by atoms with E-state index in [1.54, 1.807) is 48.2 Å². The van der Waals surface area contributed by atoms with E-state index < -0.39 is 60.4 Å². The summed E-state index contributed by atoms with van der Waals surface area (Å²) in [5.41, 5.74) is 3.56. The fourth-order valence-corrected chi connectivity index (χ4v) is 7.37. The summed E-state index contributed by atoms with van der Waals surface area (Å²) >= 11 is 7.63. The fraction of sp³-hybridized carbons (Fsp3) is 0.244. The molecule has 5 N–H and O–H groups in total. The highest BCUT2D eigenvalue weighted by molar-refractivity contribution is 8.03. The van der Waals surface area contributed by atoms with Gasteiger partial charge < -0.3 is 31.1 Å². The number of carboxylic acids is 1. The number of hydrogen-bond acceptors (Lipinski definition) is 7. The Morgan fingerprint density at radius 1 is 0.704 bits per heavy atom. The van der Waals surface area contributed by atoms with Crippen LogP contribution in [0.1, 0.15) is 35.6 Å². The SMILES string of the molecule is O=C1COc2ccc(cc2)C(C(=O)O)NC(=O)[C@H](Cc2ccccc2)NC(=O)[C@H](Cc2ccc(-c3ccc(Cl)cc3)cc2)NC(=O)[C@H](CC2CC=CS2)N1. The maximum atomic E-state index is 14.3. The molecule has 11 nitrogen and oxygen atoms in total. The summed E-state index contributed by atoms with van der Waals surface area (Å²) < 4.78 is 5.67. The quantitative estimate of drug-likeness (QED) is 0.157. The lowest BCUT2D eigenvalue weighted by Gasteiger charge is -2.27. The molecule has 0 saturated heterocycles. The average molecular weight is 767 g/mol. The molecule has 7 rings (SSSR count). The van der Waals surface area contributed by atoms with Crippen LogP contribution in [0.2, 0.25) is 5.02 Å². The van der Waals surface area contributed by atoms with Crippen LogP contribution in [0.3, 0.4) is 0 Å². The number of carboxylic acid groups (broad SMARTS) is 1. The van der Waals surface area contributed by atoms with Crippen molar-refractivity contribution in [2.75, 3.05) is 6.61 Å². The maximum absolute atomic E-state index is 14.3. The van der Waals surface area contributed by atoms with Gasteiger partial charge in [0.25, 0.3) is 5.91 Å². The van der Waals surface area contributed by atoms with E-state index in [4.69, 9.17) is 16.3 Å². The summed E-state index contributed by atoms with van der Waals surface area (Å²) in [5.74, 6) is -3.54. The first-order valence-corrected chi connectivity index (χ1v) is 18.8. The molecule has 0 aromatic heterocycles. The third kappa shape index (κ3) is 10.3. The fourth-order valence-electron chi connectivity index (χ4n) is 6.27. The van der Waals surface area contributed by atoms with E-state index in [9.17, 15) is 29.1 Å². The molecule has 278 valence electrons. The lowest BCUT2D eigenvalue weighted by molar-refractivity contribution is -0.142. The van der Waals surface area contributed by atoms with Gasteiger partial charge in [-0.05, 0) is 70.3 Å². The third-order valence-corrected chi connectivity index (χ3v) is 10.5. The third-order valence-electron chi connectivity index (χ3n) is 9.15. The summed E-state index contributed by atoms with van der Waals surface area (Å²) in [5, 5.41) is 23.8. The van der Waals surface area contributed by atoms with Gasteiger partial charge in [-0.3, -0.25) is 19.2 Å². The molecule has 0 spiro atoms. The van der Waals surface area contributed by atoms with Gasteiger partial charge in [-0.25, -0.2) is 4.79 Å². The molecule has 3 aliphatic rings. The number of thioether (sulfide) groups is 1. The van der Waals surface area contributed by atoms with Crippen LogP contribution in [-0.2, 0) is 36.8 Å². The highest BCUT2D eigenvalue weighted by Gasteiger charge is 2.33. The summed E-state index contributed by atoms with van der Waals surface area (Å²) in [6, 6.07) is 25.0. The normalized spacial score (nSPS) is 22.2. The van der Waals surface area contributed by atoms with Crippen molar-refractivity contribution in [3.05, 3.63) is 136 Å². The predicted molar refractivity (Wildman–Crippen MR) is 207 cm³/mol. The number of aliphatic carboxylic acids is 1. The Morgan fingerprint density at radius 3 is 1.87 bits per heavy atom. The van der Waals surface area contributed by atoms with Gasteiger partial charge in [0.05, 0.1) is 0 Å². The zero-order valence-electron chi connectivity index (χ0n) is 29.1. The van der Waals surface area contributed by atoms with Gasteiger partial charge >= 0.3 is 5.97 Å².